The Balaban J connectivity index is 1.51. The second-order valence-electron chi connectivity index (χ2n) is 10.1. The van der Waals surface area contributed by atoms with E-state index in [1.807, 2.05) is 6.07 Å². The van der Waals surface area contributed by atoms with Crippen LogP contribution in [0.1, 0.15) is 47.7 Å². The van der Waals surface area contributed by atoms with E-state index in [0.717, 1.165) is 39.4 Å². The molecule has 1 N–H and O–H groups in total. The van der Waals surface area contributed by atoms with Crippen molar-refractivity contribution in [2.75, 3.05) is 0 Å². The van der Waals surface area contributed by atoms with Crippen LogP contribution in [0.2, 0.25) is 0 Å². The van der Waals surface area contributed by atoms with Crippen molar-refractivity contribution in [2.24, 2.45) is 0 Å². The predicted molar refractivity (Wildman–Crippen MR) is 154 cm³/mol. The van der Waals surface area contributed by atoms with Crippen molar-refractivity contribution in [1.82, 2.24) is 4.98 Å². The van der Waals surface area contributed by atoms with Crippen LogP contribution in [0.4, 0.5) is 0 Å². The van der Waals surface area contributed by atoms with Gasteiger partial charge in [-0.2, -0.15) is 0 Å². The summed E-state index contributed by atoms with van der Waals surface area (Å²) >= 11 is 0. The van der Waals surface area contributed by atoms with Crippen LogP contribution >= 0.6 is 0 Å². The van der Waals surface area contributed by atoms with E-state index >= 15 is 0 Å². The molecule has 1 aliphatic carbocycles. The number of H-pyrrole nitrogens is 1. The van der Waals surface area contributed by atoms with Crippen molar-refractivity contribution in [2.45, 2.75) is 26.2 Å². The van der Waals surface area contributed by atoms with Gasteiger partial charge >= 0.3 is 0 Å². The molecule has 1 atom stereocenters. The molecule has 0 saturated carbocycles. The van der Waals surface area contributed by atoms with Gasteiger partial charge in [0, 0.05) is 33.3 Å². The second kappa shape index (κ2) is 8.31. The van der Waals surface area contributed by atoms with Crippen LogP contribution in [0, 0.1) is 0 Å². The van der Waals surface area contributed by atoms with E-state index in [4.69, 9.17) is 0 Å². The first-order chi connectivity index (χ1) is 18.1. The maximum Gasteiger partial charge on any atom is 0.159 e. The molecule has 0 spiro atoms. The highest BCUT2D eigenvalue weighted by molar-refractivity contribution is 6.15. The summed E-state index contributed by atoms with van der Waals surface area (Å²) in [6, 6.07) is 36.7. The van der Waals surface area contributed by atoms with Gasteiger partial charge < -0.3 is 4.98 Å². The van der Waals surface area contributed by atoms with Crippen LogP contribution in [-0.4, -0.2) is 10.8 Å². The monoisotopic (exact) mass is 477 g/mol. The standard InChI is InChI=1S/C35H27NO/c1-3-25-26-17-16-23(22-10-5-4-6-11-22)18-30(26)28-13-9-14-29(34(25)28)32-20-24(21(2)37)19-31-27-12-7-8-15-33(27)36-35(31)32/h4-20,25,36H,3H2,1-2H3. The summed E-state index contributed by atoms with van der Waals surface area (Å²) in [5, 5.41) is 2.25. The fourth-order valence-electron chi connectivity index (χ4n) is 6.26. The maximum absolute atomic E-state index is 12.6. The van der Waals surface area contributed by atoms with Crippen molar-refractivity contribution >= 4 is 27.6 Å². The average Bonchev–Trinajstić information content (AvgIpc) is 3.48. The van der Waals surface area contributed by atoms with E-state index < -0.39 is 0 Å². The van der Waals surface area contributed by atoms with Crippen LogP contribution in [0.15, 0.2) is 103 Å². The van der Waals surface area contributed by atoms with Gasteiger partial charge in [0.05, 0.1) is 5.52 Å². The van der Waals surface area contributed by atoms with Gasteiger partial charge in [0.15, 0.2) is 5.78 Å². The van der Waals surface area contributed by atoms with E-state index in [0.29, 0.717) is 5.92 Å². The zero-order chi connectivity index (χ0) is 25.1. The molecule has 6 aromatic rings. The topological polar surface area (TPSA) is 32.9 Å². The van der Waals surface area contributed by atoms with E-state index in [9.17, 15) is 4.79 Å². The number of carbonyl (C=O) groups is 1. The molecule has 0 amide bonds. The molecule has 2 nitrogen and oxygen atoms in total. The number of ketones is 1. The molecule has 0 aliphatic heterocycles. The van der Waals surface area contributed by atoms with Gasteiger partial charge in [0.25, 0.3) is 0 Å². The number of hydrogen-bond acceptors (Lipinski definition) is 1. The highest BCUT2D eigenvalue weighted by atomic mass is 16.1. The first kappa shape index (κ1) is 21.8. The fraction of sp³-hybridized carbons (Fsp3) is 0.114. The number of aromatic amines is 1. The highest BCUT2D eigenvalue weighted by Gasteiger charge is 2.31. The molecule has 1 aromatic heterocycles. The predicted octanol–water partition coefficient (Wildman–Crippen LogP) is 9.38. The van der Waals surface area contributed by atoms with Crippen molar-refractivity contribution < 1.29 is 4.79 Å². The van der Waals surface area contributed by atoms with E-state index in [-0.39, 0.29) is 5.78 Å². The Labute approximate surface area is 216 Å². The Morgan fingerprint density at radius 3 is 2.24 bits per heavy atom. The van der Waals surface area contributed by atoms with E-state index in [1.54, 1.807) is 6.92 Å². The maximum atomic E-state index is 12.6. The smallest absolute Gasteiger partial charge is 0.159 e. The van der Waals surface area contributed by atoms with E-state index in [1.165, 1.54) is 38.9 Å². The van der Waals surface area contributed by atoms with Crippen LogP contribution < -0.4 is 0 Å². The average molecular weight is 478 g/mol. The summed E-state index contributed by atoms with van der Waals surface area (Å²) in [6.45, 7) is 3.93. The minimum absolute atomic E-state index is 0.0869. The lowest BCUT2D eigenvalue weighted by atomic mass is 9.86. The quantitative estimate of drug-likeness (QED) is 0.252. The lowest BCUT2D eigenvalue weighted by Crippen LogP contribution is -1.99. The van der Waals surface area contributed by atoms with Crippen molar-refractivity contribution in [3.05, 3.63) is 120 Å². The molecule has 1 unspecified atom stereocenters. The second-order valence-corrected chi connectivity index (χ2v) is 10.1. The summed E-state index contributed by atoms with van der Waals surface area (Å²) in [4.78, 5) is 16.3. The third kappa shape index (κ3) is 3.29. The lowest BCUT2D eigenvalue weighted by Gasteiger charge is -2.17. The van der Waals surface area contributed by atoms with Gasteiger partial charge in [-0.15, -0.1) is 0 Å². The van der Waals surface area contributed by atoms with Crippen LogP contribution in [-0.2, 0) is 0 Å². The van der Waals surface area contributed by atoms with Crippen LogP contribution in [0.5, 0.6) is 0 Å². The molecule has 0 saturated heterocycles. The first-order valence-corrected chi connectivity index (χ1v) is 13.0. The van der Waals surface area contributed by atoms with Gasteiger partial charge in [-0.25, -0.2) is 0 Å². The Hall–Kier alpha value is -4.43. The molecule has 1 aliphatic rings. The molecular weight excluding hydrogens is 450 g/mol. The molecule has 0 radical (unpaired) electrons. The summed E-state index contributed by atoms with van der Waals surface area (Å²) in [5.41, 5.74) is 13.1. The van der Waals surface area contributed by atoms with Gasteiger partial charge in [0.2, 0.25) is 0 Å². The number of benzene rings is 5. The largest absolute Gasteiger partial charge is 0.354 e. The number of aromatic nitrogens is 1. The molecule has 0 fully saturated rings. The molecule has 2 heteroatoms. The lowest BCUT2D eigenvalue weighted by molar-refractivity contribution is 0.101. The Kier molecular flexibility index (Phi) is 4.90. The van der Waals surface area contributed by atoms with Crippen LogP contribution in [0.25, 0.3) is 55.2 Å². The van der Waals surface area contributed by atoms with Crippen molar-refractivity contribution in [3.8, 4) is 33.4 Å². The summed E-state index contributed by atoms with van der Waals surface area (Å²) in [5.74, 6) is 0.398. The Morgan fingerprint density at radius 2 is 1.46 bits per heavy atom. The molecule has 37 heavy (non-hydrogen) atoms. The molecular formula is C35H27NO. The zero-order valence-corrected chi connectivity index (χ0v) is 21.0. The molecule has 0 bridgehead atoms. The number of nitrogens with one attached hydrogen (secondary N) is 1. The van der Waals surface area contributed by atoms with Crippen molar-refractivity contribution in [3.63, 3.8) is 0 Å². The number of fused-ring (bicyclic) bond motifs is 6. The minimum Gasteiger partial charge on any atom is -0.354 e. The third-order valence-corrected chi connectivity index (χ3v) is 8.00. The van der Waals surface area contributed by atoms with Crippen LogP contribution in [0.3, 0.4) is 0 Å². The Morgan fingerprint density at radius 1 is 0.703 bits per heavy atom. The van der Waals surface area contributed by atoms with Crippen molar-refractivity contribution in [1.29, 1.82) is 0 Å². The number of para-hydroxylation sites is 1. The highest BCUT2D eigenvalue weighted by Crippen LogP contribution is 2.52. The number of rotatable bonds is 4. The first-order valence-electron chi connectivity index (χ1n) is 13.0. The van der Waals surface area contributed by atoms with Gasteiger partial charge in [0.1, 0.15) is 0 Å². The SMILES string of the molecule is CCC1c2ccc(-c3ccccc3)cc2-c2cccc(-c3cc(C(C)=O)cc4c3[nH]c3ccccc34)c21. The van der Waals surface area contributed by atoms with Gasteiger partial charge in [-0.3, -0.25) is 4.79 Å². The Bertz CT molecular complexity index is 1840. The number of Topliss-reactive ketones (excluding diaryl/α,β-unsaturated/α-hetero) is 1. The van der Waals surface area contributed by atoms with Gasteiger partial charge in [-0.1, -0.05) is 85.8 Å². The number of carbonyl (C=O) groups excluding carboxylic acids is 1. The summed E-state index contributed by atoms with van der Waals surface area (Å²) in [6.07, 6.45) is 1.02. The molecule has 7 rings (SSSR count). The summed E-state index contributed by atoms with van der Waals surface area (Å²) < 4.78 is 0. The zero-order valence-electron chi connectivity index (χ0n) is 21.0. The molecule has 1 heterocycles. The fourth-order valence-corrected chi connectivity index (χ4v) is 6.26. The molecule has 5 aromatic carbocycles. The van der Waals surface area contributed by atoms with E-state index in [2.05, 4.69) is 109 Å². The minimum atomic E-state index is 0.0869. The van der Waals surface area contributed by atoms with Gasteiger partial charge in [-0.05, 0) is 76.6 Å². The normalized spacial score (nSPS) is 14.2. The number of hydrogen-bond donors (Lipinski definition) is 1. The third-order valence-electron chi connectivity index (χ3n) is 8.00. The summed E-state index contributed by atoms with van der Waals surface area (Å²) in [7, 11) is 0. The molecule has 178 valence electrons.